The molecule has 2 aliphatic carbocycles. The van der Waals surface area contributed by atoms with E-state index >= 15 is 0 Å². The molecule has 2 saturated carbocycles. The molecule has 0 aromatic rings. The van der Waals surface area contributed by atoms with E-state index in [1.165, 1.54) is 19.3 Å². The summed E-state index contributed by atoms with van der Waals surface area (Å²) < 4.78 is 4.86. The van der Waals surface area contributed by atoms with E-state index < -0.39 is 0 Å². The predicted octanol–water partition coefficient (Wildman–Crippen LogP) is 3.70. The lowest BCUT2D eigenvalue weighted by Gasteiger charge is -2.31. The highest BCUT2D eigenvalue weighted by Gasteiger charge is 2.34. The van der Waals surface area contributed by atoms with Gasteiger partial charge in [-0.15, -0.1) is 0 Å². The van der Waals surface area contributed by atoms with Gasteiger partial charge in [0.1, 0.15) is 18.1 Å². The fourth-order valence-corrected chi connectivity index (χ4v) is 4.37. The van der Waals surface area contributed by atoms with E-state index in [0.29, 0.717) is 23.7 Å². The maximum atomic E-state index is 12.7. The third kappa shape index (κ3) is 3.36. The molecule has 0 spiro atoms. The minimum atomic E-state index is -0.377. The second kappa shape index (κ2) is 6.84. The first kappa shape index (κ1) is 15.6. The molecule has 0 saturated heterocycles. The number of esters is 1. The van der Waals surface area contributed by atoms with Crippen molar-refractivity contribution in [1.29, 1.82) is 0 Å². The molecule has 0 bridgehead atoms. The van der Waals surface area contributed by atoms with Gasteiger partial charge in [-0.3, -0.25) is 4.79 Å². The normalized spacial score (nSPS) is 30.5. The second-order valence-electron chi connectivity index (χ2n) is 7.17. The molecule has 2 fully saturated rings. The van der Waals surface area contributed by atoms with Crippen LogP contribution in [-0.4, -0.2) is 23.5 Å². The Morgan fingerprint density at radius 2 is 1.77 bits per heavy atom. The van der Waals surface area contributed by atoms with Crippen LogP contribution >= 0.6 is 0 Å². The maximum Gasteiger partial charge on any atom is 0.338 e. The molecule has 1 heterocycles. The quantitative estimate of drug-likeness (QED) is 0.804. The van der Waals surface area contributed by atoms with Crippen molar-refractivity contribution in [2.45, 2.75) is 64.2 Å². The zero-order valence-electron chi connectivity index (χ0n) is 13.2. The Morgan fingerprint density at radius 1 is 1.05 bits per heavy atom. The number of carbonyl (C=O) groups excluding carboxylic acids is 2. The number of aliphatic hydroxyl groups is 1. The van der Waals surface area contributed by atoms with Crippen LogP contribution in [0.2, 0.25) is 0 Å². The highest BCUT2D eigenvalue weighted by molar-refractivity contribution is 5.91. The molecule has 4 nitrogen and oxygen atoms in total. The SMILES string of the molecule is O=C1OCC(O)=C1CC1CCCC(C(=O)C2CCCCC2)C1. The van der Waals surface area contributed by atoms with Gasteiger partial charge in [0.25, 0.3) is 0 Å². The zero-order valence-corrected chi connectivity index (χ0v) is 13.2. The summed E-state index contributed by atoms with van der Waals surface area (Å²) >= 11 is 0. The van der Waals surface area contributed by atoms with Crippen LogP contribution in [0.15, 0.2) is 11.3 Å². The van der Waals surface area contributed by atoms with Gasteiger partial charge in [0, 0.05) is 11.8 Å². The third-order valence-corrected chi connectivity index (χ3v) is 5.62. The average Bonchev–Trinajstić information content (AvgIpc) is 2.87. The summed E-state index contributed by atoms with van der Waals surface area (Å²) in [6, 6.07) is 0. The van der Waals surface area contributed by atoms with Crippen LogP contribution in [-0.2, 0) is 14.3 Å². The molecule has 22 heavy (non-hydrogen) atoms. The number of Topliss-reactive ketones (excluding diaryl/α,β-unsaturated/α-hetero) is 1. The van der Waals surface area contributed by atoms with E-state index in [9.17, 15) is 14.7 Å². The summed E-state index contributed by atoms with van der Waals surface area (Å²) in [7, 11) is 0. The number of hydrogen-bond donors (Lipinski definition) is 1. The fraction of sp³-hybridized carbons (Fsp3) is 0.778. The molecular formula is C18H26O4. The van der Waals surface area contributed by atoms with Crippen LogP contribution in [0.1, 0.15) is 64.2 Å². The van der Waals surface area contributed by atoms with Gasteiger partial charge in [0.15, 0.2) is 0 Å². The van der Waals surface area contributed by atoms with Crippen LogP contribution in [0, 0.1) is 17.8 Å². The lowest BCUT2D eigenvalue weighted by Crippen LogP contribution is -2.30. The van der Waals surface area contributed by atoms with Crippen LogP contribution < -0.4 is 0 Å². The third-order valence-electron chi connectivity index (χ3n) is 5.62. The first-order valence-corrected chi connectivity index (χ1v) is 8.77. The summed E-state index contributed by atoms with van der Waals surface area (Å²) in [5.74, 6) is 0.957. The molecule has 1 N–H and O–H groups in total. The van der Waals surface area contributed by atoms with Crippen molar-refractivity contribution < 1.29 is 19.4 Å². The summed E-state index contributed by atoms with van der Waals surface area (Å²) in [6.07, 6.45) is 10.3. The number of ether oxygens (including phenoxy) is 1. The van der Waals surface area contributed by atoms with Crippen LogP contribution in [0.25, 0.3) is 0 Å². The molecule has 0 aromatic heterocycles. The fourth-order valence-electron chi connectivity index (χ4n) is 4.37. The standard InChI is InChI=1S/C18H26O4/c19-16-11-22-18(21)15(16)10-12-5-4-8-14(9-12)17(20)13-6-2-1-3-7-13/h12-14,19H,1-11H2. The van der Waals surface area contributed by atoms with Crippen LogP contribution in [0.5, 0.6) is 0 Å². The number of aliphatic hydroxyl groups excluding tert-OH is 1. The van der Waals surface area contributed by atoms with Crippen molar-refractivity contribution in [3.8, 4) is 0 Å². The topological polar surface area (TPSA) is 63.6 Å². The van der Waals surface area contributed by atoms with Crippen molar-refractivity contribution in [1.82, 2.24) is 0 Å². The Kier molecular flexibility index (Phi) is 4.84. The smallest absolute Gasteiger partial charge is 0.338 e. The van der Waals surface area contributed by atoms with Gasteiger partial charge >= 0.3 is 5.97 Å². The average molecular weight is 306 g/mol. The summed E-state index contributed by atoms with van der Waals surface area (Å²) in [4.78, 5) is 24.3. The number of carbonyl (C=O) groups is 2. The number of hydrogen-bond acceptors (Lipinski definition) is 4. The van der Waals surface area contributed by atoms with Crippen molar-refractivity contribution in [2.75, 3.05) is 6.61 Å². The van der Waals surface area contributed by atoms with E-state index in [2.05, 4.69) is 0 Å². The van der Waals surface area contributed by atoms with E-state index in [1.807, 2.05) is 0 Å². The Balaban J connectivity index is 1.58. The number of cyclic esters (lactones) is 1. The van der Waals surface area contributed by atoms with Crippen molar-refractivity contribution in [3.63, 3.8) is 0 Å². The molecule has 0 radical (unpaired) electrons. The molecule has 122 valence electrons. The first-order valence-electron chi connectivity index (χ1n) is 8.77. The molecule has 3 rings (SSSR count). The van der Waals surface area contributed by atoms with Gasteiger partial charge in [0.2, 0.25) is 0 Å². The highest BCUT2D eigenvalue weighted by atomic mass is 16.5. The number of rotatable bonds is 4. The molecule has 2 atom stereocenters. The minimum absolute atomic E-state index is 0.0192. The maximum absolute atomic E-state index is 12.7. The number of ketones is 1. The first-order chi connectivity index (χ1) is 10.6. The molecule has 2 unspecified atom stereocenters. The summed E-state index contributed by atoms with van der Waals surface area (Å²) in [5.41, 5.74) is 0.441. The molecule has 0 amide bonds. The summed E-state index contributed by atoms with van der Waals surface area (Å²) in [5, 5.41) is 9.74. The van der Waals surface area contributed by atoms with Crippen molar-refractivity contribution in [2.24, 2.45) is 17.8 Å². The van der Waals surface area contributed by atoms with E-state index in [1.54, 1.807) is 0 Å². The Hall–Kier alpha value is -1.32. The lowest BCUT2D eigenvalue weighted by atomic mass is 9.72. The Morgan fingerprint density at radius 3 is 2.45 bits per heavy atom. The molecule has 4 heteroatoms. The largest absolute Gasteiger partial charge is 0.508 e. The lowest BCUT2D eigenvalue weighted by molar-refractivity contribution is -0.136. The van der Waals surface area contributed by atoms with Gasteiger partial charge in [-0.05, 0) is 38.0 Å². The van der Waals surface area contributed by atoms with Crippen molar-refractivity contribution in [3.05, 3.63) is 11.3 Å². The van der Waals surface area contributed by atoms with Crippen LogP contribution in [0.4, 0.5) is 0 Å². The van der Waals surface area contributed by atoms with E-state index in [0.717, 1.165) is 38.5 Å². The Bertz CT molecular complexity index is 473. The molecule has 3 aliphatic rings. The molecule has 1 aliphatic heterocycles. The van der Waals surface area contributed by atoms with Gasteiger partial charge in [-0.2, -0.15) is 0 Å². The monoisotopic (exact) mass is 306 g/mol. The van der Waals surface area contributed by atoms with E-state index in [4.69, 9.17) is 4.74 Å². The second-order valence-corrected chi connectivity index (χ2v) is 7.17. The van der Waals surface area contributed by atoms with Gasteiger partial charge in [-0.1, -0.05) is 32.1 Å². The van der Waals surface area contributed by atoms with Crippen molar-refractivity contribution >= 4 is 11.8 Å². The molecule has 0 aromatic carbocycles. The predicted molar refractivity (Wildman–Crippen MR) is 82.3 cm³/mol. The minimum Gasteiger partial charge on any atom is -0.508 e. The van der Waals surface area contributed by atoms with Gasteiger partial charge in [0.05, 0.1) is 5.57 Å². The van der Waals surface area contributed by atoms with Gasteiger partial charge in [-0.25, -0.2) is 4.79 Å². The molecular weight excluding hydrogens is 280 g/mol. The summed E-state index contributed by atoms with van der Waals surface area (Å²) in [6.45, 7) is 0.0192. The zero-order chi connectivity index (χ0) is 15.5. The van der Waals surface area contributed by atoms with E-state index in [-0.39, 0.29) is 30.2 Å². The van der Waals surface area contributed by atoms with Gasteiger partial charge < -0.3 is 9.84 Å². The van der Waals surface area contributed by atoms with Crippen LogP contribution in [0.3, 0.4) is 0 Å². The Labute approximate surface area is 131 Å². The highest BCUT2D eigenvalue weighted by Crippen LogP contribution is 2.38.